The van der Waals surface area contributed by atoms with Crippen molar-refractivity contribution in [1.82, 2.24) is 4.31 Å². The van der Waals surface area contributed by atoms with Crippen LogP contribution in [-0.2, 0) is 25.3 Å². The summed E-state index contributed by atoms with van der Waals surface area (Å²) in [6.45, 7) is 0.557. The van der Waals surface area contributed by atoms with Crippen molar-refractivity contribution in [3.05, 3.63) is 33.8 Å². The number of esters is 1. The molecule has 0 N–H and O–H groups in total. The molecule has 0 aromatic heterocycles. The summed E-state index contributed by atoms with van der Waals surface area (Å²) in [6.07, 6.45) is 1.27. The van der Waals surface area contributed by atoms with Crippen LogP contribution >= 0.6 is 23.2 Å². The van der Waals surface area contributed by atoms with Gasteiger partial charge in [-0.1, -0.05) is 29.3 Å². The highest BCUT2D eigenvalue weighted by Crippen LogP contribution is 2.26. The molecule has 0 spiro atoms. The fourth-order valence-corrected chi connectivity index (χ4v) is 4.68. The molecule has 0 aliphatic carbocycles. The topological polar surface area (TPSA) is 63.7 Å². The molecule has 8 heteroatoms. The Morgan fingerprint density at radius 2 is 2.14 bits per heavy atom. The first-order valence-electron chi connectivity index (χ1n) is 6.83. The summed E-state index contributed by atoms with van der Waals surface area (Å²) in [4.78, 5) is 11.6. The lowest BCUT2D eigenvalue weighted by Gasteiger charge is -2.30. The summed E-state index contributed by atoms with van der Waals surface area (Å²) in [5.41, 5.74) is 0.492. The first-order valence-corrected chi connectivity index (χ1v) is 9.19. The van der Waals surface area contributed by atoms with E-state index in [1.54, 1.807) is 12.1 Å². The van der Waals surface area contributed by atoms with Gasteiger partial charge in [0.15, 0.2) is 0 Å². The van der Waals surface area contributed by atoms with E-state index >= 15 is 0 Å². The summed E-state index contributed by atoms with van der Waals surface area (Å²) in [7, 11) is -2.24. The molecule has 5 nitrogen and oxygen atoms in total. The molecule has 1 aromatic carbocycles. The fourth-order valence-electron chi connectivity index (χ4n) is 2.48. The van der Waals surface area contributed by atoms with Crippen molar-refractivity contribution in [3.63, 3.8) is 0 Å². The largest absolute Gasteiger partial charge is 0.469 e. The second-order valence-corrected chi connectivity index (χ2v) is 8.02. The van der Waals surface area contributed by atoms with Crippen molar-refractivity contribution in [3.8, 4) is 0 Å². The molecular formula is C14H17Cl2NO4S. The number of hydrogen-bond donors (Lipinski definition) is 0. The Hall–Kier alpha value is -0.820. The van der Waals surface area contributed by atoms with Gasteiger partial charge in [-0.2, -0.15) is 0 Å². The van der Waals surface area contributed by atoms with E-state index in [4.69, 9.17) is 27.9 Å². The lowest BCUT2D eigenvalue weighted by molar-refractivity contribution is -0.146. The average molecular weight is 366 g/mol. The lowest BCUT2D eigenvalue weighted by atomic mass is 10.0. The van der Waals surface area contributed by atoms with Gasteiger partial charge in [-0.3, -0.25) is 4.79 Å². The second-order valence-electron chi connectivity index (χ2n) is 5.21. The highest BCUT2D eigenvalue weighted by molar-refractivity contribution is 7.88. The summed E-state index contributed by atoms with van der Waals surface area (Å²) in [6, 6.07) is 4.72. The Morgan fingerprint density at radius 1 is 1.41 bits per heavy atom. The number of carbonyl (C=O) groups excluding carboxylic acids is 1. The summed E-state index contributed by atoms with van der Waals surface area (Å²) >= 11 is 11.8. The fraction of sp³-hybridized carbons (Fsp3) is 0.500. The molecule has 0 amide bonds. The number of nitrogens with zero attached hydrogens (tertiary/aromatic N) is 1. The van der Waals surface area contributed by atoms with E-state index in [1.807, 2.05) is 0 Å². The smallest absolute Gasteiger partial charge is 0.309 e. The average Bonchev–Trinajstić information content (AvgIpc) is 2.49. The van der Waals surface area contributed by atoms with Crippen molar-refractivity contribution < 1.29 is 17.9 Å². The molecule has 0 bridgehead atoms. The van der Waals surface area contributed by atoms with Crippen molar-refractivity contribution in [2.45, 2.75) is 18.6 Å². The van der Waals surface area contributed by atoms with Crippen LogP contribution in [0.25, 0.3) is 0 Å². The normalized spacial score (nSPS) is 19.9. The molecule has 0 saturated carbocycles. The van der Waals surface area contributed by atoms with Gasteiger partial charge in [0, 0.05) is 23.1 Å². The maximum absolute atomic E-state index is 12.5. The van der Waals surface area contributed by atoms with Crippen molar-refractivity contribution in [2.24, 2.45) is 5.92 Å². The number of benzene rings is 1. The molecule has 0 radical (unpaired) electrons. The standard InChI is InChI=1S/C14H17Cl2NO4S/c1-21-14(18)10-3-2-6-17(8-10)22(19,20)9-11-4-5-12(15)7-13(11)16/h4-5,7,10H,2-3,6,8-9H2,1H3. The SMILES string of the molecule is COC(=O)C1CCCN(S(=O)(=O)Cc2ccc(Cl)cc2Cl)C1. The molecule has 1 saturated heterocycles. The first-order chi connectivity index (χ1) is 10.3. The van der Waals surface area contributed by atoms with Crippen molar-refractivity contribution >= 4 is 39.2 Å². The lowest BCUT2D eigenvalue weighted by Crippen LogP contribution is -2.43. The number of hydrogen-bond acceptors (Lipinski definition) is 4. The van der Waals surface area contributed by atoms with Crippen LogP contribution < -0.4 is 0 Å². The minimum atomic E-state index is -3.55. The molecule has 122 valence electrons. The summed E-state index contributed by atoms with van der Waals surface area (Å²) < 4.78 is 31.1. The third-order valence-electron chi connectivity index (χ3n) is 3.67. The molecule has 2 rings (SSSR count). The predicted octanol–water partition coefficient (Wildman–Crippen LogP) is 2.71. The Labute approximate surface area is 140 Å². The monoisotopic (exact) mass is 365 g/mol. The molecule has 1 aliphatic heterocycles. The molecule has 1 aliphatic rings. The van der Waals surface area contributed by atoms with Gasteiger partial charge < -0.3 is 4.74 Å². The van der Waals surface area contributed by atoms with E-state index < -0.39 is 15.9 Å². The highest BCUT2D eigenvalue weighted by Gasteiger charge is 2.33. The quantitative estimate of drug-likeness (QED) is 0.769. The van der Waals surface area contributed by atoms with Gasteiger partial charge in [-0.25, -0.2) is 12.7 Å². The van der Waals surface area contributed by atoms with Gasteiger partial charge in [-0.05, 0) is 30.5 Å². The van der Waals surface area contributed by atoms with Gasteiger partial charge in [0.1, 0.15) is 0 Å². The number of carbonyl (C=O) groups is 1. The number of sulfonamides is 1. The summed E-state index contributed by atoms with van der Waals surface area (Å²) in [5.74, 6) is -0.990. The van der Waals surface area contributed by atoms with Crippen LogP contribution in [0, 0.1) is 5.92 Å². The number of rotatable bonds is 4. The number of piperidine rings is 1. The van der Waals surface area contributed by atoms with Gasteiger partial charge >= 0.3 is 5.97 Å². The molecule has 1 aromatic rings. The van der Waals surface area contributed by atoms with Crippen LogP contribution in [0.3, 0.4) is 0 Å². The van der Waals surface area contributed by atoms with E-state index in [-0.39, 0.29) is 18.3 Å². The van der Waals surface area contributed by atoms with Crippen LogP contribution in [0.1, 0.15) is 18.4 Å². The van der Waals surface area contributed by atoms with E-state index in [1.165, 1.54) is 17.5 Å². The van der Waals surface area contributed by atoms with Crippen molar-refractivity contribution in [1.29, 1.82) is 0 Å². The van der Waals surface area contributed by atoms with E-state index in [9.17, 15) is 13.2 Å². The van der Waals surface area contributed by atoms with Crippen LogP contribution in [0.4, 0.5) is 0 Å². The van der Waals surface area contributed by atoms with Crippen LogP contribution in [0.5, 0.6) is 0 Å². The molecule has 1 heterocycles. The van der Waals surface area contributed by atoms with E-state index in [0.717, 1.165) is 0 Å². The van der Waals surface area contributed by atoms with Gasteiger partial charge in [0.2, 0.25) is 10.0 Å². The Balaban J connectivity index is 2.14. The Kier molecular flexibility index (Phi) is 5.71. The second kappa shape index (κ2) is 7.17. The van der Waals surface area contributed by atoms with Gasteiger partial charge in [-0.15, -0.1) is 0 Å². The van der Waals surface area contributed by atoms with E-state index in [0.29, 0.717) is 35.0 Å². The number of halogens is 2. The van der Waals surface area contributed by atoms with Gasteiger partial charge in [0.05, 0.1) is 18.8 Å². The highest BCUT2D eigenvalue weighted by atomic mass is 35.5. The van der Waals surface area contributed by atoms with Crippen LogP contribution in [0.2, 0.25) is 10.0 Å². The Morgan fingerprint density at radius 3 is 2.77 bits per heavy atom. The van der Waals surface area contributed by atoms with Crippen molar-refractivity contribution in [2.75, 3.05) is 20.2 Å². The molecular weight excluding hydrogens is 349 g/mol. The third-order valence-corrected chi connectivity index (χ3v) is 6.05. The maximum atomic E-state index is 12.5. The maximum Gasteiger partial charge on any atom is 0.309 e. The number of methoxy groups -OCH3 is 1. The van der Waals surface area contributed by atoms with Crippen LogP contribution in [-0.4, -0.2) is 38.9 Å². The molecule has 1 atom stereocenters. The minimum Gasteiger partial charge on any atom is -0.469 e. The molecule has 1 fully saturated rings. The predicted molar refractivity (Wildman–Crippen MR) is 85.4 cm³/mol. The molecule has 1 unspecified atom stereocenters. The van der Waals surface area contributed by atoms with Crippen LogP contribution in [0.15, 0.2) is 18.2 Å². The Bertz CT molecular complexity index is 663. The minimum absolute atomic E-state index is 0.153. The number of ether oxygens (including phenoxy) is 1. The van der Waals surface area contributed by atoms with E-state index in [2.05, 4.69) is 0 Å². The zero-order valence-corrected chi connectivity index (χ0v) is 14.4. The zero-order valence-electron chi connectivity index (χ0n) is 12.1. The first kappa shape index (κ1) is 17.5. The van der Waals surface area contributed by atoms with Gasteiger partial charge in [0.25, 0.3) is 0 Å². The molecule has 22 heavy (non-hydrogen) atoms. The zero-order chi connectivity index (χ0) is 16.3. The third kappa shape index (κ3) is 4.13. The summed E-state index contributed by atoms with van der Waals surface area (Å²) in [5, 5.41) is 0.771.